The summed E-state index contributed by atoms with van der Waals surface area (Å²) in [6.07, 6.45) is 7.81. The van der Waals surface area contributed by atoms with Crippen molar-refractivity contribution in [2.24, 2.45) is 5.92 Å². The number of aromatic amines is 2. The fourth-order valence-corrected chi connectivity index (χ4v) is 2.17. The Morgan fingerprint density at radius 2 is 2.08 bits per heavy atom. The topological polar surface area (TPSA) is 48.6 Å². The Hall–Kier alpha value is -0.990. The lowest BCUT2D eigenvalue weighted by Gasteiger charge is -2.05. The maximum atomic E-state index is 10.8. The van der Waals surface area contributed by atoms with E-state index in [1.807, 2.05) is 0 Å². The third-order valence-electron chi connectivity index (χ3n) is 2.95. The minimum atomic E-state index is -0.0126. The fourth-order valence-electron chi connectivity index (χ4n) is 2.17. The van der Waals surface area contributed by atoms with E-state index in [1.54, 1.807) is 6.07 Å². The fraction of sp³-hybridized carbons (Fsp3) is 0.700. The first-order valence-electron chi connectivity index (χ1n) is 5.11. The molecular formula is C10H16N2O. The molecule has 13 heavy (non-hydrogen) atoms. The van der Waals surface area contributed by atoms with Gasteiger partial charge in [0.2, 0.25) is 0 Å². The Bertz CT molecular complexity index is 307. The molecule has 1 heterocycles. The SMILES string of the molecule is O=c1cc(CCC2CCCC2)[nH][nH]1. The van der Waals surface area contributed by atoms with E-state index in [9.17, 15) is 4.79 Å². The van der Waals surface area contributed by atoms with E-state index in [1.165, 1.54) is 32.1 Å². The molecule has 0 spiro atoms. The van der Waals surface area contributed by atoms with Crippen LogP contribution in [0.2, 0.25) is 0 Å². The summed E-state index contributed by atoms with van der Waals surface area (Å²) < 4.78 is 0. The minimum absolute atomic E-state index is 0.0126. The summed E-state index contributed by atoms with van der Waals surface area (Å²) in [7, 11) is 0. The first-order chi connectivity index (χ1) is 6.34. The minimum Gasteiger partial charge on any atom is -0.302 e. The summed E-state index contributed by atoms with van der Waals surface area (Å²) in [4.78, 5) is 10.8. The van der Waals surface area contributed by atoms with E-state index in [0.717, 1.165) is 18.0 Å². The van der Waals surface area contributed by atoms with Crippen molar-refractivity contribution < 1.29 is 0 Å². The highest BCUT2D eigenvalue weighted by molar-refractivity contribution is 4.98. The standard InChI is InChI=1S/C10H16N2O/c13-10-7-9(11-12-10)6-5-8-3-1-2-4-8/h7-8H,1-6H2,(H2,11,12,13). The van der Waals surface area contributed by atoms with Gasteiger partial charge in [0, 0.05) is 11.8 Å². The predicted octanol–water partition coefficient (Wildman–Crippen LogP) is 1.83. The lowest BCUT2D eigenvalue weighted by molar-refractivity contribution is 0.500. The Labute approximate surface area is 77.5 Å². The van der Waals surface area contributed by atoms with Crippen molar-refractivity contribution in [2.75, 3.05) is 0 Å². The van der Waals surface area contributed by atoms with E-state index in [4.69, 9.17) is 0 Å². The largest absolute Gasteiger partial charge is 0.302 e. The van der Waals surface area contributed by atoms with Crippen molar-refractivity contribution in [2.45, 2.75) is 38.5 Å². The van der Waals surface area contributed by atoms with Crippen LogP contribution in [-0.2, 0) is 6.42 Å². The number of aryl methyl sites for hydroxylation is 1. The van der Waals surface area contributed by atoms with Crippen LogP contribution in [0.25, 0.3) is 0 Å². The molecule has 0 bridgehead atoms. The summed E-state index contributed by atoms with van der Waals surface area (Å²) in [6.45, 7) is 0. The van der Waals surface area contributed by atoms with Crippen molar-refractivity contribution in [3.63, 3.8) is 0 Å². The van der Waals surface area contributed by atoms with Crippen LogP contribution < -0.4 is 5.56 Å². The molecule has 1 fully saturated rings. The zero-order valence-corrected chi connectivity index (χ0v) is 7.81. The zero-order valence-electron chi connectivity index (χ0n) is 7.81. The molecule has 2 N–H and O–H groups in total. The molecule has 0 aliphatic heterocycles. The molecule has 1 aromatic rings. The summed E-state index contributed by atoms with van der Waals surface area (Å²) in [6, 6.07) is 1.66. The average molecular weight is 180 g/mol. The van der Waals surface area contributed by atoms with Crippen molar-refractivity contribution in [1.29, 1.82) is 0 Å². The molecule has 0 aromatic carbocycles. The number of hydrogen-bond donors (Lipinski definition) is 2. The van der Waals surface area contributed by atoms with Gasteiger partial charge in [-0.3, -0.25) is 9.89 Å². The number of aromatic nitrogens is 2. The smallest absolute Gasteiger partial charge is 0.264 e. The molecule has 0 atom stereocenters. The molecule has 1 saturated carbocycles. The van der Waals surface area contributed by atoms with E-state index in [2.05, 4.69) is 10.2 Å². The molecule has 3 heteroatoms. The number of hydrogen-bond acceptors (Lipinski definition) is 1. The highest BCUT2D eigenvalue weighted by Gasteiger charge is 2.14. The Morgan fingerprint density at radius 1 is 1.31 bits per heavy atom. The van der Waals surface area contributed by atoms with Crippen molar-refractivity contribution in [3.05, 3.63) is 22.1 Å². The van der Waals surface area contributed by atoms with Gasteiger partial charge >= 0.3 is 0 Å². The number of H-pyrrole nitrogens is 2. The van der Waals surface area contributed by atoms with Gasteiger partial charge in [-0.15, -0.1) is 0 Å². The second kappa shape index (κ2) is 3.81. The third-order valence-corrected chi connectivity index (χ3v) is 2.95. The maximum absolute atomic E-state index is 10.8. The molecule has 1 aliphatic rings. The van der Waals surface area contributed by atoms with Crippen molar-refractivity contribution in [1.82, 2.24) is 10.2 Å². The highest BCUT2D eigenvalue weighted by Crippen LogP contribution is 2.28. The molecule has 2 rings (SSSR count). The van der Waals surface area contributed by atoms with E-state index >= 15 is 0 Å². The molecule has 0 unspecified atom stereocenters. The molecule has 72 valence electrons. The molecule has 1 aromatic heterocycles. The summed E-state index contributed by atoms with van der Waals surface area (Å²) in [5.41, 5.74) is 1.04. The Balaban J connectivity index is 1.82. The zero-order chi connectivity index (χ0) is 9.10. The van der Waals surface area contributed by atoms with Gasteiger partial charge in [-0.05, 0) is 18.8 Å². The number of rotatable bonds is 3. The van der Waals surface area contributed by atoms with Crippen LogP contribution in [0, 0.1) is 5.92 Å². The van der Waals surface area contributed by atoms with Gasteiger partial charge in [0.05, 0.1) is 0 Å². The van der Waals surface area contributed by atoms with Gasteiger partial charge < -0.3 is 5.10 Å². The number of nitrogens with one attached hydrogen (secondary N) is 2. The summed E-state index contributed by atoms with van der Waals surface area (Å²) in [5, 5.41) is 5.46. The third kappa shape index (κ3) is 2.23. The quantitative estimate of drug-likeness (QED) is 0.732. The van der Waals surface area contributed by atoms with Crippen molar-refractivity contribution >= 4 is 0 Å². The molecule has 0 saturated heterocycles. The molecule has 3 nitrogen and oxygen atoms in total. The summed E-state index contributed by atoms with van der Waals surface area (Å²) in [5.74, 6) is 0.901. The Kier molecular flexibility index (Phi) is 2.52. The first kappa shape index (κ1) is 8.60. The van der Waals surface area contributed by atoms with Crippen LogP contribution in [0.1, 0.15) is 37.8 Å². The predicted molar refractivity (Wildman–Crippen MR) is 51.7 cm³/mol. The molecular weight excluding hydrogens is 164 g/mol. The van der Waals surface area contributed by atoms with Crippen LogP contribution >= 0.6 is 0 Å². The highest BCUT2D eigenvalue weighted by atomic mass is 16.1. The molecule has 0 amide bonds. The van der Waals surface area contributed by atoms with Crippen molar-refractivity contribution in [3.8, 4) is 0 Å². The van der Waals surface area contributed by atoms with Crippen LogP contribution in [0.4, 0.5) is 0 Å². The monoisotopic (exact) mass is 180 g/mol. The normalized spacial score (nSPS) is 18.2. The maximum Gasteiger partial charge on any atom is 0.264 e. The second-order valence-electron chi connectivity index (χ2n) is 3.97. The van der Waals surface area contributed by atoms with Gasteiger partial charge in [-0.1, -0.05) is 25.7 Å². The van der Waals surface area contributed by atoms with Crippen LogP contribution in [0.3, 0.4) is 0 Å². The lowest BCUT2D eigenvalue weighted by atomic mass is 10.0. The van der Waals surface area contributed by atoms with Crippen LogP contribution in [0.15, 0.2) is 10.9 Å². The van der Waals surface area contributed by atoms with Gasteiger partial charge in [0.1, 0.15) is 0 Å². The van der Waals surface area contributed by atoms with E-state index in [-0.39, 0.29) is 5.56 Å². The van der Waals surface area contributed by atoms with Gasteiger partial charge in [0.15, 0.2) is 0 Å². The van der Waals surface area contributed by atoms with Gasteiger partial charge in [-0.25, -0.2) is 0 Å². The lowest BCUT2D eigenvalue weighted by Crippen LogP contribution is -1.96. The van der Waals surface area contributed by atoms with E-state index in [0.29, 0.717) is 0 Å². The second-order valence-corrected chi connectivity index (χ2v) is 3.97. The molecule has 1 aliphatic carbocycles. The molecule has 0 radical (unpaired) electrons. The van der Waals surface area contributed by atoms with E-state index < -0.39 is 0 Å². The van der Waals surface area contributed by atoms with Crippen LogP contribution in [0.5, 0.6) is 0 Å². The average Bonchev–Trinajstić information content (AvgIpc) is 2.71. The van der Waals surface area contributed by atoms with Crippen LogP contribution in [-0.4, -0.2) is 10.2 Å². The summed E-state index contributed by atoms with van der Waals surface area (Å²) >= 11 is 0. The van der Waals surface area contributed by atoms with Gasteiger partial charge in [0.25, 0.3) is 5.56 Å². The Morgan fingerprint density at radius 3 is 2.69 bits per heavy atom. The van der Waals surface area contributed by atoms with Gasteiger partial charge in [-0.2, -0.15) is 0 Å². The first-order valence-corrected chi connectivity index (χ1v) is 5.11.